The molecule has 11 heteroatoms. The second kappa shape index (κ2) is 8.89. The second-order valence-electron chi connectivity index (χ2n) is 7.90. The smallest absolute Gasteiger partial charge is 0.321 e. The highest BCUT2D eigenvalue weighted by molar-refractivity contribution is 6.24. The molecule has 4 nitrogen and oxygen atoms in total. The van der Waals surface area contributed by atoms with Gasteiger partial charge in [-0.15, -0.1) is 5.10 Å². The highest BCUT2D eigenvalue weighted by atomic mass is 19.4. The molecule has 4 rings (SSSR count). The number of carbonyl (C=O) groups excluding carboxylic acids is 1. The minimum Gasteiger partial charge on any atom is -0.321 e. The number of halogens is 7. The van der Waals surface area contributed by atoms with Gasteiger partial charge in [-0.25, -0.2) is 0 Å². The van der Waals surface area contributed by atoms with Gasteiger partial charge in [-0.1, -0.05) is 60.7 Å². The van der Waals surface area contributed by atoms with Crippen molar-refractivity contribution in [3.8, 4) is 11.1 Å². The maximum absolute atomic E-state index is 13.5. The van der Waals surface area contributed by atoms with Crippen LogP contribution in [0.2, 0.25) is 0 Å². The number of rotatable bonds is 5. The summed E-state index contributed by atoms with van der Waals surface area (Å²) < 4.78 is 90.0. The minimum absolute atomic E-state index is 0.399. The lowest BCUT2D eigenvalue weighted by Gasteiger charge is -2.27. The van der Waals surface area contributed by atoms with Gasteiger partial charge in [-0.05, 0) is 35.7 Å². The second-order valence-corrected chi connectivity index (χ2v) is 7.90. The van der Waals surface area contributed by atoms with Crippen molar-refractivity contribution in [2.45, 2.75) is 24.9 Å². The molecule has 0 atom stereocenters. The molecule has 186 valence electrons. The summed E-state index contributed by atoms with van der Waals surface area (Å²) in [6.07, 6.45) is -6.60. The summed E-state index contributed by atoms with van der Waals surface area (Å²) in [6.45, 7) is 1.61. The van der Waals surface area contributed by atoms with Gasteiger partial charge < -0.3 is 5.32 Å². The van der Waals surface area contributed by atoms with Crippen molar-refractivity contribution in [2.24, 2.45) is 10.2 Å². The Balaban J connectivity index is 1.54. The Morgan fingerprint density at radius 1 is 0.722 bits per heavy atom. The zero-order valence-electron chi connectivity index (χ0n) is 18.4. The van der Waals surface area contributed by atoms with Gasteiger partial charge in [0, 0.05) is 16.8 Å². The molecule has 0 saturated carbocycles. The van der Waals surface area contributed by atoms with Crippen LogP contribution < -0.4 is 5.32 Å². The van der Waals surface area contributed by atoms with E-state index in [1.165, 1.54) is 17.4 Å². The lowest BCUT2D eigenvalue weighted by Crippen LogP contribution is -2.57. The minimum atomic E-state index is -6.60. The van der Waals surface area contributed by atoms with Crippen LogP contribution in [0.1, 0.15) is 23.6 Å². The molecule has 3 aromatic rings. The van der Waals surface area contributed by atoms with Gasteiger partial charge in [0.2, 0.25) is 0 Å². The van der Waals surface area contributed by atoms with Gasteiger partial charge in [0.05, 0.1) is 5.71 Å². The van der Waals surface area contributed by atoms with Gasteiger partial charge in [-0.2, -0.15) is 35.8 Å². The first-order chi connectivity index (χ1) is 16.8. The molecule has 0 aliphatic heterocycles. The average Bonchev–Trinajstić information content (AvgIpc) is 3.16. The SMILES string of the molecule is CC(=NN=C1c2ccccc2-c2ccccc21)c1ccc(NC(=O)C(F)(F)C(F)(F)C(F)(F)F)cc1. The van der Waals surface area contributed by atoms with Crippen LogP contribution in [0.15, 0.2) is 83.0 Å². The lowest BCUT2D eigenvalue weighted by atomic mass is 10.1. The Kier molecular flexibility index (Phi) is 6.19. The monoisotopic (exact) mass is 507 g/mol. The van der Waals surface area contributed by atoms with Crippen LogP contribution in [0.3, 0.4) is 0 Å². The summed E-state index contributed by atoms with van der Waals surface area (Å²) in [6, 6.07) is 20.1. The van der Waals surface area contributed by atoms with E-state index < -0.39 is 29.6 Å². The van der Waals surface area contributed by atoms with E-state index in [9.17, 15) is 35.5 Å². The third-order valence-electron chi connectivity index (χ3n) is 5.55. The Morgan fingerprint density at radius 2 is 1.19 bits per heavy atom. The quantitative estimate of drug-likeness (QED) is 0.182. The van der Waals surface area contributed by atoms with Crippen LogP contribution in [0.5, 0.6) is 0 Å². The lowest BCUT2D eigenvalue weighted by molar-refractivity contribution is -0.343. The molecular weight excluding hydrogens is 491 g/mol. The molecule has 0 saturated heterocycles. The maximum atomic E-state index is 13.5. The number of alkyl halides is 7. The van der Waals surface area contributed by atoms with E-state index in [0.29, 0.717) is 17.0 Å². The fourth-order valence-corrected chi connectivity index (χ4v) is 3.61. The van der Waals surface area contributed by atoms with Crippen molar-refractivity contribution < 1.29 is 35.5 Å². The van der Waals surface area contributed by atoms with Gasteiger partial charge in [0.1, 0.15) is 5.71 Å². The third-order valence-corrected chi connectivity index (χ3v) is 5.55. The topological polar surface area (TPSA) is 53.8 Å². The van der Waals surface area contributed by atoms with Gasteiger partial charge >= 0.3 is 23.9 Å². The Morgan fingerprint density at radius 3 is 1.67 bits per heavy atom. The highest BCUT2D eigenvalue weighted by Gasteiger charge is 2.76. The molecular formula is C25H16F7N3O. The largest absolute Gasteiger partial charge is 0.460 e. The average molecular weight is 507 g/mol. The molecule has 0 unspecified atom stereocenters. The number of fused-ring (bicyclic) bond motifs is 3. The van der Waals surface area contributed by atoms with E-state index in [4.69, 9.17) is 0 Å². The van der Waals surface area contributed by atoms with Crippen LogP contribution in [-0.4, -0.2) is 35.4 Å². The predicted molar refractivity (Wildman–Crippen MR) is 121 cm³/mol. The zero-order valence-corrected chi connectivity index (χ0v) is 18.4. The number of benzene rings is 3. The zero-order chi connectivity index (χ0) is 26.3. The Labute approximate surface area is 200 Å². The first-order valence-electron chi connectivity index (χ1n) is 10.4. The number of hydrogen-bond donors (Lipinski definition) is 1. The molecule has 0 bridgehead atoms. The first-order valence-corrected chi connectivity index (χ1v) is 10.4. The van der Waals surface area contributed by atoms with E-state index in [2.05, 4.69) is 10.2 Å². The van der Waals surface area contributed by atoms with E-state index in [0.717, 1.165) is 34.4 Å². The van der Waals surface area contributed by atoms with Crippen molar-refractivity contribution >= 4 is 23.0 Å². The van der Waals surface area contributed by atoms with Crippen molar-refractivity contribution in [3.05, 3.63) is 89.5 Å². The molecule has 0 fully saturated rings. The fourth-order valence-electron chi connectivity index (χ4n) is 3.61. The summed E-state index contributed by atoms with van der Waals surface area (Å²) >= 11 is 0. The van der Waals surface area contributed by atoms with Crippen molar-refractivity contribution in [2.75, 3.05) is 5.32 Å². The number of anilines is 1. The van der Waals surface area contributed by atoms with Gasteiger partial charge in [0.15, 0.2) is 0 Å². The number of amides is 1. The summed E-state index contributed by atoms with van der Waals surface area (Å²) in [5, 5.41) is 10.0. The van der Waals surface area contributed by atoms with Crippen LogP contribution in [-0.2, 0) is 4.79 Å². The van der Waals surface area contributed by atoms with Crippen LogP contribution in [0.4, 0.5) is 36.4 Å². The standard InChI is InChI=1S/C25H16F7N3O/c1-14(34-35-21-19-8-4-2-6-17(19)18-7-3-5-9-20(18)21)15-10-12-16(13-11-15)33-22(36)23(26,27)24(28,29)25(30,31)32/h2-13H,1H3,(H,33,36). The third kappa shape index (κ3) is 4.25. The molecule has 36 heavy (non-hydrogen) atoms. The highest BCUT2D eigenvalue weighted by Crippen LogP contribution is 2.47. The van der Waals surface area contributed by atoms with Crippen LogP contribution in [0, 0.1) is 0 Å². The fraction of sp³-hybridized carbons (Fsp3) is 0.160. The van der Waals surface area contributed by atoms with Crippen LogP contribution >= 0.6 is 0 Å². The Bertz CT molecular complexity index is 1330. The van der Waals surface area contributed by atoms with E-state index >= 15 is 0 Å². The number of carbonyl (C=O) groups is 1. The van der Waals surface area contributed by atoms with Gasteiger partial charge in [-0.3, -0.25) is 4.79 Å². The van der Waals surface area contributed by atoms with Crippen LogP contribution in [0.25, 0.3) is 11.1 Å². The molecule has 3 aromatic carbocycles. The molecule has 1 aliphatic carbocycles. The molecule has 0 radical (unpaired) electrons. The van der Waals surface area contributed by atoms with Crippen molar-refractivity contribution in [3.63, 3.8) is 0 Å². The normalized spacial score (nSPS) is 13.8. The van der Waals surface area contributed by atoms with Crippen molar-refractivity contribution in [1.82, 2.24) is 0 Å². The first kappa shape index (κ1) is 25.1. The number of nitrogens with one attached hydrogen (secondary N) is 1. The summed E-state index contributed by atoms with van der Waals surface area (Å²) in [5.41, 5.74) is 4.90. The summed E-state index contributed by atoms with van der Waals surface area (Å²) in [4.78, 5) is 11.5. The van der Waals surface area contributed by atoms with Gasteiger partial charge in [0.25, 0.3) is 0 Å². The van der Waals surface area contributed by atoms with E-state index in [-0.39, 0.29) is 0 Å². The number of nitrogens with zero attached hydrogens (tertiary/aromatic N) is 2. The molecule has 0 aromatic heterocycles. The van der Waals surface area contributed by atoms with Crippen molar-refractivity contribution in [1.29, 1.82) is 0 Å². The molecule has 1 N–H and O–H groups in total. The molecule has 1 aliphatic rings. The van der Waals surface area contributed by atoms with E-state index in [1.807, 2.05) is 48.5 Å². The molecule has 0 spiro atoms. The molecule has 0 heterocycles. The molecule has 1 amide bonds. The summed E-state index contributed by atoms with van der Waals surface area (Å²) in [5.74, 6) is -15.3. The Hall–Kier alpha value is -4.02. The maximum Gasteiger partial charge on any atom is 0.460 e. The number of hydrogen-bond acceptors (Lipinski definition) is 3. The summed E-state index contributed by atoms with van der Waals surface area (Å²) in [7, 11) is 0. The van der Waals surface area contributed by atoms with E-state index in [1.54, 1.807) is 6.92 Å². The predicted octanol–water partition coefficient (Wildman–Crippen LogP) is 6.70.